The summed E-state index contributed by atoms with van der Waals surface area (Å²) in [5, 5.41) is 0. The van der Waals surface area contributed by atoms with Crippen LogP contribution in [0.4, 0.5) is 0 Å². The van der Waals surface area contributed by atoms with Gasteiger partial charge < -0.3 is 10.5 Å². The third-order valence-corrected chi connectivity index (χ3v) is 3.04. The normalized spacial score (nSPS) is 12.7. The number of pyridine rings is 1. The summed E-state index contributed by atoms with van der Waals surface area (Å²) < 4.78 is 5.08. The van der Waals surface area contributed by atoms with Gasteiger partial charge in [-0.1, -0.05) is 19.9 Å². The van der Waals surface area contributed by atoms with Crippen LogP contribution in [0.2, 0.25) is 0 Å². The van der Waals surface area contributed by atoms with E-state index >= 15 is 0 Å². The maximum Gasteiger partial charge on any atom is 0.212 e. The molecule has 0 amide bonds. The van der Waals surface area contributed by atoms with E-state index in [2.05, 4.69) is 29.8 Å². The van der Waals surface area contributed by atoms with Gasteiger partial charge in [-0.05, 0) is 31.5 Å². The van der Waals surface area contributed by atoms with Crippen molar-refractivity contribution in [2.45, 2.75) is 32.7 Å². The van der Waals surface area contributed by atoms with Crippen LogP contribution in [-0.2, 0) is 0 Å². The van der Waals surface area contributed by atoms with E-state index < -0.39 is 0 Å². The van der Waals surface area contributed by atoms with Crippen molar-refractivity contribution < 1.29 is 4.74 Å². The van der Waals surface area contributed by atoms with E-state index in [1.165, 1.54) is 5.56 Å². The lowest BCUT2D eigenvalue weighted by molar-refractivity contribution is 0.201. The third kappa shape index (κ3) is 3.96. The first-order valence-corrected chi connectivity index (χ1v) is 6.70. The van der Waals surface area contributed by atoms with Crippen molar-refractivity contribution in [3.8, 4) is 5.88 Å². The lowest BCUT2D eigenvalue weighted by Gasteiger charge is -2.30. The minimum atomic E-state index is 0.253. The molecule has 0 fully saturated rings. The maximum atomic E-state index is 5.94. The minimum absolute atomic E-state index is 0.253. The number of nitrogens with zero attached hydrogens (tertiary/aromatic N) is 2. The monoisotopic (exact) mass is 251 g/mol. The Labute approximate surface area is 110 Å². The van der Waals surface area contributed by atoms with Crippen LogP contribution in [0.25, 0.3) is 0 Å². The Morgan fingerprint density at radius 2 is 1.94 bits per heavy atom. The van der Waals surface area contributed by atoms with Crippen molar-refractivity contribution in [1.29, 1.82) is 0 Å². The van der Waals surface area contributed by atoms with Crippen LogP contribution in [0, 0.1) is 0 Å². The molecule has 0 aliphatic rings. The van der Waals surface area contributed by atoms with Gasteiger partial charge in [0.2, 0.25) is 5.88 Å². The average Bonchev–Trinajstić information content (AvgIpc) is 2.41. The summed E-state index contributed by atoms with van der Waals surface area (Å²) in [5.41, 5.74) is 7.10. The van der Waals surface area contributed by atoms with Gasteiger partial charge in [0.15, 0.2) is 0 Å². The number of hydrogen-bond acceptors (Lipinski definition) is 4. The highest BCUT2D eigenvalue weighted by Gasteiger charge is 2.17. The van der Waals surface area contributed by atoms with Crippen LogP contribution in [0.3, 0.4) is 0 Å². The van der Waals surface area contributed by atoms with Crippen LogP contribution in [-0.4, -0.2) is 36.6 Å². The number of methoxy groups -OCH3 is 1. The molecular weight excluding hydrogens is 226 g/mol. The smallest absolute Gasteiger partial charge is 0.212 e. The molecule has 1 heterocycles. The minimum Gasteiger partial charge on any atom is -0.481 e. The van der Waals surface area contributed by atoms with Crippen LogP contribution in [0.5, 0.6) is 5.88 Å². The van der Waals surface area contributed by atoms with Gasteiger partial charge in [-0.3, -0.25) is 4.90 Å². The molecule has 0 aromatic carbocycles. The molecule has 1 aromatic heterocycles. The summed E-state index contributed by atoms with van der Waals surface area (Å²) in [6, 6.07) is 4.21. The Bertz CT molecular complexity index is 320. The summed E-state index contributed by atoms with van der Waals surface area (Å²) in [4.78, 5) is 6.70. The topological polar surface area (TPSA) is 51.4 Å². The first-order valence-electron chi connectivity index (χ1n) is 6.70. The van der Waals surface area contributed by atoms with Gasteiger partial charge in [-0.25, -0.2) is 4.98 Å². The predicted octanol–water partition coefficient (Wildman–Crippen LogP) is 2.21. The summed E-state index contributed by atoms with van der Waals surface area (Å²) in [5.74, 6) is 0.645. The molecule has 102 valence electrons. The van der Waals surface area contributed by atoms with Gasteiger partial charge in [0.25, 0.3) is 0 Å². The Kier molecular flexibility index (Phi) is 6.68. The van der Waals surface area contributed by atoms with Crippen molar-refractivity contribution >= 4 is 0 Å². The second-order valence-corrected chi connectivity index (χ2v) is 4.42. The van der Waals surface area contributed by atoms with E-state index in [0.717, 1.165) is 25.9 Å². The second-order valence-electron chi connectivity index (χ2n) is 4.42. The molecule has 2 N–H and O–H groups in total. The van der Waals surface area contributed by atoms with E-state index in [0.29, 0.717) is 12.4 Å². The van der Waals surface area contributed by atoms with Crippen LogP contribution >= 0.6 is 0 Å². The fraction of sp³-hybridized carbons (Fsp3) is 0.643. The molecule has 0 radical (unpaired) electrons. The molecule has 0 saturated carbocycles. The van der Waals surface area contributed by atoms with E-state index in [4.69, 9.17) is 10.5 Å². The average molecular weight is 251 g/mol. The maximum absolute atomic E-state index is 5.94. The summed E-state index contributed by atoms with van der Waals surface area (Å²) >= 11 is 0. The van der Waals surface area contributed by atoms with E-state index in [1.54, 1.807) is 7.11 Å². The number of nitrogens with two attached hydrogens (primary N) is 1. The molecule has 0 aliphatic heterocycles. The molecule has 0 spiro atoms. The lowest BCUT2D eigenvalue weighted by atomic mass is 10.1. The number of aromatic nitrogens is 1. The Balaban J connectivity index is 2.83. The first-order chi connectivity index (χ1) is 8.76. The van der Waals surface area contributed by atoms with Crippen molar-refractivity contribution in [1.82, 2.24) is 9.88 Å². The van der Waals surface area contributed by atoms with Gasteiger partial charge >= 0.3 is 0 Å². The molecule has 4 heteroatoms. The van der Waals surface area contributed by atoms with E-state index in [1.807, 2.05) is 12.3 Å². The molecule has 0 aliphatic carbocycles. The highest BCUT2D eigenvalue weighted by Crippen LogP contribution is 2.21. The quantitative estimate of drug-likeness (QED) is 0.769. The largest absolute Gasteiger partial charge is 0.481 e. The van der Waals surface area contributed by atoms with Gasteiger partial charge in [0.05, 0.1) is 7.11 Å². The zero-order valence-electron chi connectivity index (χ0n) is 11.7. The van der Waals surface area contributed by atoms with Gasteiger partial charge in [0, 0.05) is 24.8 Å². The number of ether oxygens (including phenoxy) is 1. The van der Waals surface area contributed by atoms with E-state index in [-0.39, 0.29) is 6.04 Å². The fourth-order valence-corrected chi connectivity index (χ4v) is 2.20. The van der Waals surface area contributed by atoms with E-state index in [9.17, 15) is 0 Å². The SMILES string of the molecule is CCCN(CCC)C(CN)c1ccc(OC)nc1. The highest BCUT2D eigenvalue weighted by atomic mass is 16.5. The third-order valence-electron chi connectivity index (χ3n) is 3.04. The highest BCUT2D eigenvalue weighted by molar-refractivity contribution is 5.21. The first kappa shape index (κ1) is 14.9. The van der Waals surface area contributed by atoms with Crippen LogP contribution in [0.1, 0.15) is 38.3 Å². The molecule has 1 atom stereocenters. The van der Waals surface area contributed by atoms with Gasteiger partial charge in [-0.15, -0.1) is 0 Å². The molecule has 1 aromatic rings. The molecule has 18 heavy (non-hydrogen) atoms. The summed E-state index contributed by atoms with van der Waals surface area (Å²) in [6.07, 6.45) is 4.15. The van der Waals surface area contributed by atoms with Gasteiger partial charge in [-0.2, -0.15) is 0 Å². The van der Waals surface area contributed by atoms with Crippen molar-refractivity contribution in [2.24, 2.45) is 5.73 Å². The molecule has 4 nitrogen and oxygen atoms in total. The standard InChI is InChI=1S/C14H25N3O/c1-4-8-17(9-5-2)13(10-15)12-6-7-14(18-3)16-11-12/h6-7,11,13H,4-5,8-10,15H2,1-3H3. The fourth-order valence-electron chi connectivity index (χ4n) is 2.20. The summed E-state index contributed by atoms with van der Waals surface area (Å²) in [6.45, 7) is 7.16. The molecule has 1 unspecified atom stereocenters. The zero-order valence-corrected chi connectivity index (χ0v) is 11.7. The van der Waals surface area contributed by atoms with Crippen molar-refractivity contribution in [3.63, 3.8) is 0 Å². The zero-order chi connectivity index (χ0) is 13.4. The Morgan fingerprint density at radius 3 is 2.33 bits per heavy atom. The molecular formula is C14H25N3O. The lowest BCUT2D eigenvalue weighted by Crippen LogP contribution is -2.35. The van der Waals surface area contributed by atoms with Crippen LogP contribution < -0.4 is 10.5 Å². The predicted molar refractivity (Wildman–Crippen MR) is 74.7 cm³/mol. The van der Waals surface area contributed by atoms with Gasteiger partial charge in [0.1, 0.15) is 0 Å². The van der Waals surface area contributed by atoms with Crippen molar-refractivity contribution in [3.05, 3.63) is 23.9 Å². The Hall–Kier alpha value is -1.13. The molecule has 1 rings (SSSR count). The van der Waals surface area contributed by atoms with Crippen molar-refractivity contribution in [2.75, 3.05) is 26.7 Å². The van der Waals surface area contributed by atoms with Crippen LogP contribution in [0.15, 0.2) is 18.3 Å². The second kappa shape index (κ2) is 8.06. The number of rotatable bonds is 8. The Morgan fingerprint density at radius 1 is 1.28 bits per heavy atom. The number of hydrogen-bond donors (Lipinski definition) is 1. The molecule has 0 bridgehead atoms. The summed E-state index contributed by atoms with van der Waals surface area (Å²) in [7, 11) is 1.63. The molecule has 0 saturated heterocycles.